The second-order valence-electron chi connectivity index (χ2n) is 5.13. The molecule has 1 aromatic rings. The van der Waals surface area contributed by atoms with Crippen molar-refractivity contribution in [3.63, 3.8) is 0 Å². The van der Waals surface area contributed by atoms with E-state index in [1.807, 2.05) is 6.20 Å². The third-order valence-electron chi connectivity index (χ3n) is 3.94. The van der Waals surface area contributed by atoms with Crippen molar-refractivity contribution in [3.8, 4) is 0 Å². The summed E-state index contributed by atoms with van der Waals surface area (Å²) >= 11 is 0. The Labute approximate surface area is 104 Å². The van der Waals surface area contributed by atoms with Crippen LogP contribution in [0.5, 0.6) is 0 Å². The molecule has 1 fully saturated rings. The number of rotatable bonds is 4. The van der Waals surface area contributed by atoms with Crippen molar-refractivity contribution >= 4 is 0 Å². The van der Waals surface area contributed by atoms with Gasteiger partial charge in [0.1, 0.15) is 5.82 Å². The molecule has 1 saturated heterocycles. The van der Waals surface area contributed by atoms with Crippen LogP contribution < -0.4 is 5.32 Å². The van der Waals surface area contributed by atoms with Gasteiger partial charge >= 0.3 is 0 Å². The Morgan fingerprint density at radius 3 is 2.88 bits per heavy atom. The normalized spacial score (nSPS) is 26.3. The van der Waals surface area contributed by atoms with Gasteiger partial charge in [0.25, 0.3) is 0 Å². The molecule has 1 aromatic heterocycles. The molecule has 0 aromatic carbocycles. The number of likely N-dealkylation sites (tertiary alicyclic amines) is 1. The molecule has 17 heavy (non-hydrogen) atoms. The smallest absolute Gasteiger partial charge is 0.105 e. The summed E-state index contributed by atoms with van der Waals surface area (Å²) < 4.78 is 2.23. The van der Waals surface area contributed by atoms with Gasteiger partial charge in [-0.2, -0.15) is 0 Å². The highest BCUT2D eigenvalue weighted by atomic mass is 15.2. The van der Waals surface area contributed by atoms with Crippen LogP contribution in [0.15, 0.2) is 12.4 Å². The van der Waals surface area contributed by atoms with E-state index in [2.05, 4.69) is 46.9 Å². The van der Waals surface area contributed by atoms with Crippen molar-refractivity contribution in [3.05, 3.63) is 18.2 Å². The molecule has 4 heteroatoms. The van der Waals surface area contributed by atoms with Crippen LogP contribution in [0.1, 0.15) is 19.2 Å². The topological polar surface area (TPSA) is 33.1 Å². The molecule has 4 nitrogen and oxygen atoms in total. The van der Waals surface area contributed by atoms with Crippen LogP contribution in [-0.2, 0) is 6.54 Å². The van der Waals surface area contributed by atoms with E-state index in [-0.39, 0.29) is 0 Å². The van der Waals surface area contributed by atoms with E-state index in [0.29, 0.717) is 6.04 Å². The first-order valence-corrected chi connectivity index (χ1v) is 6.58. The van der Waals surface area contributed by atoms with E-state index >= 15 is 0 Å². The highest BCUT2D eigenvalue weighted by molar-refractivity contribution is 4.89. The van der Waals surface area contributed by atoms with Crippen molar-refractivity contribution in [2.24, 2.45) is 5.92 Å². The number of aryl methyl sites for hydroxylation is 1. The minimum atomic E-state index is 0.696. The van der Waals surface area contributed by atoms with Crippen molar-refractivity contribution in [2.75, 3.05) is 26.7 Å². The molecular weight excluding hydrogens is 212 g/mol. The molecule has 2 heterocycles. The molecule has 0 aliphatic carbocycles. The van der Waals surface area contributed by atoms with Crippen molar-refractivity contribution in [2.45, 2.75) is 32.9 Å². The molecule has 2 unspecified atom stereocenters. The molecule has 0 bridgehead atoms. The van der Waals surface area contributed by atoms with E-state index < -0.39 is 0 Å². The number of hydrogen-bond acceptors (Lipinski definition) is 3. The maximum atomic E-state index is 4.26. The summed E-state index contributed by atoms with van der Waals surface area (Å²) in [7, 11) is 2.08. The zero-order valence-corrected chi connectivity index (χ0v) is 11.2. The number of piperidine rings is 1. The maximum absolute atomic E-state index is 4.26. The third-order valence-corrected chi connectivity index (χ3v) is 3.94. The quantitative estimate of drug-likeness (QED) is 0.850. The molecule has 1 aliphatic heterocycles. The van der Waals surface area contributed by atoms with Gasteiger partial charge in [0.2, 0.25) is 0 Å². The zero-order chi connectivity index (χ0) is 12.3. The second-order valence-corrected chi connectivity index (χ2v) is 5.13. The highest BCUT2D eigenvalue weighted by Gasteiger charge is 2.24. The van der Waals surface area contributed by atoms with Crippen LogP contribution in [0.3, 0.4) is 0 Å². The Balaban J connectivity index is 1.79. The van der Waals surface area contributed by atoms with Crippen LogP contribution in [0.4, 0.5) is 0 Å². The van der Waals surface area contributed by atoms with Crippen molar-refractivity contribution in [1.29, 1.82) is 0 Å². The van der Waals surface area contributed by atoms with Gasteiger partial charge in [-0.15, -0.1) is 0 Å². The van der Waals surface area contributed by atoms with Crippen LogP contribution in [0, 0.1) is 12.8 Å². The number of nitrogens with one attached hydrogen (secondary N) is 1. The summed E-state index contributed by atoms with van der Waals surface area (Å²) in [5.41, 5.74) is 0. The fourth-order valence-corrected chi connectivity index (χ4v) is 2.75. The minimum absolute atomic E-state index is 0.696. The summed E-state index contributed by atoms with van der Waals surface area (Å²) in [4.78, 5) is 6.82. The van der Waals surface area contributed by atoms with Gasteiger partial charge in [-0.25, -0.2) is 4.98 Å². The zero-order valence-electron chi connectivity index (χ0n) is 11.2. The van der Waals surface area contributed by atoms with Gasteiger partial charge in [-0.3, -0.25) is 0 Å². The second kappa shape index (κ2) is 5.65. The lowest BCUT2D eigenvalue weighted by Gasteiger charge is -2.36. The van der Waals surface area contributed by atoms with Crippen LogP contribution in [-0.4, -0.2) is 47.2 Å². The van der Waals surface area contributed by atoms with E-state index in [0.717, 1.165) is 24.8 Å². The van der Waals surface area contributed by atoms with Gasteiger partial charge < -0.3 is 14.8 Å². The summed E-state index contributed by atoms with van der Waals surface area (Å²) in [5.74, 6) is 1.86. The predicted molar refractivity (Wildman–Crippen MR) is 70.0 cm³/mol. The predicted octanol–water partition coefficient (Wildman–Crippen LogP) is 1.12. The number of hydrogen-bond donors (Lipinski definition) is 1. The summed E-state index contributed by atoms with van der Waals surface area (Å²) in [6.07, 6.45) is 5.21. The van der Waals surface area contributed by atoms with E-state index in [9.17, 15) is 0 Å². The SMILES string of the molecule is CNC1CCN(CCn2ccnc2C)CC1C. The Bertz CT molecular complexity index is 347. The molecule has 1 aliphatic rings. The standard InChI is InChI=1S/C13H24N4/c1-11-10-16(6-4-13(11)14-3)8-9-17-7-5-15-12(17)2/h5,7,11,13-14H,4,6,8-10H2,1-3H3. The van der Waals surface area contributed by atoms with Crippen molar-refractivity contribution < 1.29 is 0 Å². The fourth-order valence-electron chi connectivity index (χ4n) is 2.75. The first kappa shape index (κ1) is 12.6. The molecule has 0 spiro atoms. The third kappa shape index (κ3) is 3.07. The molecule has 0 amide bonds. The summed E-state index contributed by atoms with van der Waals surface area (Å²) in [5, 5.41) is 3.41. The lowest BCUT2D eigenvalue weighted by Crippen LogP contribution is -2.47. The lowest BCUT2D eigenvalue weighted by molar-refractivity contribution is 0.147. The van der Waals surface area contributed by atoms with Gasteiger partial charge in [-0.05, 0) is 32.9 Å². The number of nitrogens with zero attached hydrogens (tertiary/aromatic N) is 3. The largest absolute Gasteiger partial charge is 0.334 e. The van der Waals surface area contributed by atoms with Crippen molar-refractivity contribution in [1.82, 2.24) is 19.8 Å². The maximum Gasteiger partial charge on any atom is 0.105 e. The molecule has 2 rings (SSSR count). The first-order valence-electron chi connectivity index (χ1n) is 6.58. The van der Waals surface area contributed by atoms with Gasteiger partial charge in [0.05, 0.1) is 0 Å². The minimum Gasteiger partial charge on any atom is -0.334 e. The first-order chi connectivity index (χ1) is 8.20. The Morgan fingerprint density at radius 1 is 1.47 bits per heavy atom. The molecule has 96 valence electrons. The monoisotopic (exact) mass is 236 g/mol. The summed E-state index contributed by atoms with van der Waals surface area (Å²) in [6, 6.07) is 0.696. The average Bonchev–Trinajstić information content (AvgIpc) is 2.72. The molecular formula is C13H24N4. The molecule has 0 saturated carbocycles. The average molecular weight is 236 g/mol. The van der Waals surface area contributed by atoms with Crippen LogP contribution >= 0.6 is 0 Å². The fraction of sp³-hybridized carbons (Fsp3) is 0.769. The summed E-state index contributed by atoms with van der Waals surface area (Å²) in [6.45, 7) is 9.02. The Morgan fingerprint density at radius 2 is 2.29 bits per heavy atom. The Hall–Kier alpha value is -0.870. The molecule has 1 N–H and O–H groups in total. The van der Waals surface area contributed by atoms with Gasteiger partial charge in [-0.1, -0.05) is 6.92 Å². The van der Waals surface area contributed by atoms with E-state index in [1.54, 1.807) is 0 Å². The molecule has 0 radical (unpaired) electrons. The lowest BCUT2D eigenvalue weighted by atomic mass is 9.94. The number of imidazole rings is 1. The van der Waals surface area contributed by atoms with Gasteiger partial charge in [0, 0.05) is 38.1 Å². The van der Waals surface area contributed by atoms with Crippen LogP contribution in [0.2, 0.25) is 0 Å². The van der Waals surface area contributed by atoms with E-state index in [4.69, 9.17) is 0 Å². The molecule has 2 atom stereocenters. The Kier molecular flexibility index (Phi) is 4.18. The van der Waals surface area contributed by atoms with Crippen LogP contribution in [0.25, 0.3) is 0 Å². The van der Waals surface area contributed by atoms with E-state index in [1.165, 1.54) is 19.5 Å². The highest BCUT2D eigenvalue weighted by Crippen LogP contribution is 2.16. The van der Waals surface area contributed by atoms with Gasteiger partial charge in [0.15, 0.2) is 0 Å². The number of aromatic nitrogens is 2.